The summed E-state index contributed by atoms with van der Waals surface area (Å²) < 4.78 is 39.4. The Bertz CT molecular complexity index is 556. The fraction of sp³-hybridized carbons (Fsp3) is 0.273. The van der Waals surface area contributed by atoms with Gasteiger partial charge in [0.05, 0.1) is 5.56 Å². The van der Waals surface area contributed by atoms with Gasteiger partial charge in [-0.1, -0.05) is 18.3 Å². The van der Waals surface area contributed by atoms with Gasteiger partial charge in [-0.15, -0.1) is 10.2 Å². The minimum Gasteiger partial charge on any atom is -0.360 e. The molecule has 2 rings (SSSR count). The third kappa shape index (κ3) is 2.45. The normalized spacial score (nSPS) is 10.7. The number of anilines is 1. The summed E-state index contributed by atoms with van der Waals surface area (Å²) in [6.07, 6.45) is 0.911. The minimum atomic E-state index is -1.49. The van der Waals surface area contributed by atoms with Crippen LogP contribution in [0.15, 0.2) is 12.1 Å². The molecule has 0 atom stereocenters. The van der Waals surface area contributed by atoms with Crippen LogP contribution in [0.3, 0.4) is 0 Å². The number of hydrogen-bond acceptors (Lipinski definition) is 4. The fourth-order valence-corrected chi connectivity index (χ4v) is 2.11. The first-order valence-electron chi connectivity index (χ1n) is 5.34. The fourth-order valence-electron chi connectivity index (χ4n) is 1.33. The van der Waals surface area contributed by atoms with Crippen molar-refractivity contribution in [1.82, 2.24) is 10.2 Å². The zero-order valence-electron chi connectivity index (χ0n) is 9.51. The van der Waals surface area contributed by atoms with Crippen molar-refractivity contribution in [2.24, 2.45) is 0 Å². The highest BCUT2D eigenvalue weighted by Gasteiger charge is 2.17. The molecule has 0 radical (unpaired) electrons. The Labute approximate surface area is 106 Å². The summed E-state index contributed by atoms with van der Waals surface area (Å²) in [5, 5.41) is 11.3. The molecule has 1 N–H and O–H groups in total. The maximum absolute atomic E-state index is 13.5. The van der Waals surface area contributed by atoms with Crippen molar-refractivity contribution in [2.45, 2.75) is 13.3 Å². The molecule has 2 aromatic rings. The first-order chi connectivity index (χ1) is 8.63. The van der Waals surface area contributed by atoms with E-state index in [-0.39, 0.29) is 10.6 Å². The second-order valence-electron chi connectivity index (χ2n) is 3.56. The van der Waals surface area contributed by atoms with E-state index in [1.165, 1.54) is 0 Å². The lowest BCUT2D eigenvalue weighted by Crippen LogP contribution is -1.98. The number of hydrogen-bond donors (Lipinski definition) is 1. The Morgan fingerprint density at radius 2 is 1.94 bits per heavy atom. The molecule has 0 saturated heterocycles. The summed E-state index contributed by atoms with van der Waals surface area (Å²) in [5.74, 6) is -3.95. The number of aromatic nitrogens is 2. The zero-order chi connectivity index (χ0) is 13.1. The van der Waals surface area contributed by atoms with Gasteiger partial charge in [-0.05, 0) is 18.6 Å². The predicted molar refractivity (Wildman–Crippen MR) is 64.0 cm³/mol. The quantitative estimate of drug-likeness (QED) is 0.867. The molecule has 0 aliphatic heterocycles. The summed E-state index contributed by atoms with van der Waals surface area (Å²) in [7, 11) is 0. The lowest BCUT2D eigenvalue weighted by molar-refractivity contribution is 0.449. The average Bonchev–Trinajstić information content (AvgIpc) is 2.82. The number of nitrogens with zero attached hydrogens (tertiary/aromatic N) is 2. The molecule has 0 fully saturated rings. The maximum atomic E-state index is 13.5. The van der Waals surface area contributed by atoms with Crippen LogP contribution in [0, 0.1) is 17.5 Å². The van der Waals surface area contributed by atoms with Crippen LogP contribution in [0.5, 0.6) is 0 Å². The molecule has 1 heterocycles. The lowest BCUT2D eigenvalue weighted by atomic mass is 10.2. The number of halogens is 3. The molecule has 1 aromatic carbocycles. The van der Waals surface area contributed by atoms with E-state index in [1.54, 1.807) is 0 Å². The Morgan fingerprint density at radius 3 is 2.67 bits per heavy atom. The molecule has 96 valence electrons. The molecule has 0 unspecified atom stereocenters. The molecule has 0 saturated carbocycles. The largest absolute Gasteiger partial charge is 0.360 e. The van der Waals surface area contributed by atoms with Crippen LogP contribution >= 0.6 is 11.3 Å². The Morgan fingerprint density at radius 1 is 1.17 bits per heavy atom. The van der Waals surface area contributed by atoms with Crippen molar-refractivity contribution in [3.8, 4) is 10.6 Å². The second-order valence-corrected chi connectivity index (χ2v) is 4.54. The van der Waals surface area contributed by atoms with Crippen molar-refractivity contribution in [1.29, 1.82) is 0 Å². The summed E-state index contributed by atoms with van der Waals surface area (Å²) in [4.78, 5) is 0. The Kier molecular flexibility index (Phi) is 3.81. The van der Waals surface area contributed by atoms with E-state index < -0.39 is 17.5 Å². The maximum Gasteiger partial charge on any atom is 0.206 e. The van der Waals surface area contributed by atoms with E-state index in [1.807, 2.05) is 6.92 Å². The number of benzene rings is 1. The molecule has 0 amide bonds. The van der Waals surface area contributed by atoms with Gasteiger partial charge in [-0.2, -0.15) is 0 Å². The summed E-state index contributed by atoms with van der Waals surface area (Å²) >= 11 is 1.09. The molecule has 18 heavy (non-hydrogen) atoms. The van der Waals surface area contributed by atoms with Crippen LogP contribution in [0.4, 0.5) is 18.3 Å². The topological polar surface area (TPSA) is 37.8 Å². The molecule has 0 spiro atoms. The van der Waals surface area contributed by atoms with Gasteiger partial charge in [0.25, 0.3) is 0 Å². The van der Waals surface area contributed by atoms with E-state index in [0.29, 0.717) is 5.13 Å². The summed E-state index contributed by atoms with van der Waals surface area (Å²) in [5.41, 5.74) is -0.0871. The molecule has 0 bridgehead atoms. The number of nitrogens with one attached hydrogen (secondary N) is 1. The Hall–Kier alpha value is -1.63. The average molecular weight is 273 g/mol. The van der Waals surface area contributed by atoms with Crippen molar-refractivity contribution in [3.63, 3.8) is 0 Å². The van der Waals surface area contributed by atoms with Gasteiger partial charge in [-0.25, -0.2) is 13.2 Å². The van der Waals surface area contributed by atoms with Gasteiger partial charge in [-0.3, -0.25) is 0 Å². The van der Waals surface area contributed by atoms with Gasteiger partial charge in [0.15, 0.2) is 22.5 Å². The highest BCUT2D eigenvalue weighted by molar-refractivity contribution is 7.18. The van der Waals surface area contributed by atoms with Crippen molar-refractivity contribution in [3.05, 3.63) is 29.6 Å². The van der Waals surface area contributed by atoms with Crippen LogP contribution in [0.1, 0.15) is 13.3 Å². The van der Waals surface area contributed by atoms with E-state index >= 15 is 0 Å². The van der Waals surface area contributed by atoms with Crippen molar-refractivity contribution < 1.29 is 13.2 Å². The highest BCUT2D eigenvalue weighted by atomic mass is 32.1. The molecule has 0 aliphatic carbocycles. The van der Waals surface area contributed by atoms with Gasteiger partial charge >= 0.3 is 0 Å². The first kappa shape index (κ1) is 12.8. The molecular formula is C11H10F3N3S. The monoisotopic (exact) mass is 273 g/mol. The van der Waals surface area contributed by atoms with Gasteiger partial charge in [0.2, 0.25) is 5.13 Å². The van der Waals surface area contributed by atoms with Crippen LogP contribution < -0.4 is 5.32 Å². The van der Waals surface area contributed by atoms with Gasteiger partial charge in [0, 0.05) is 6.54 Å². The van der Waals surface area contributed by atoms with Gasteiger partial charge < -0.3 is 5.32 Å². The molecule has 7 heteroatoms. The predicted octanol–water partition coefficient (Wildman–Crippen LogP) is 3.44. The Balaban J connectivity index is 2.31. The van der Waals surface area contributed by atoms with Crippen LogP contribution in [0.2, 0.25) is 0 Å². The van der Waals surface area contributed by atoms with E-state index in [0.717, 1.165) is 36.4 Å². The standard InChI is InChI=1S/C11H10F3N3S/c1-2-5-15-11-17-16-10(18-11)6-3-4-7(12)9(14)8(6)13/h3-4H,2,5H2,1H3,(H,15,17). The van der Waals surface area contributed by atoms with E-state index in [2.05, 4.69) is 15.5 Å². The van der Waals surface area contributed by atoms with Crippen LogP contribution in [-0.4, -0.2) is 16.7 Å². The third-order valence-corrected chi connectivity index (χ3v) is 3.13. The highest BCUT2D eigenvalue weighted by Crippen LogP contribution is 2.30. The number of rotatable bonds is 4. The SMILES string of the molecule is CCCNc1nnc(-c2ccc(F)c(F)c2F)s1. The molecular weight excluding hydrogens is 263 g/mol. The molecule has 1 aromatic heterocycles. The van der Waals surface area contributed by atoms with Crippen molar-refractivity contribution in [2.75, 3.05) is 11.9 Å². The van der Waals surface area contributed by atoms with Crippen LogP contribution in [-0.2, 0) is 0 Å². The zero-order valence-corrected chi connectivity index (χ0v) is 10.3. The third-order valence-electron chi connectivity index (χ3n) is 2.22. The van der Waals surface area contributed by atoms with Crippen molar-refractivity contribution >= 4 is 16.5 Å². The van der Waals surface area contributed by atoms with E-state index in [9.17, 15) is 13.2 Å². The lowest BCUT2D eigenvalue weighted by Gasteiger charge is -2.00. The first-order valence-corrected chi connectivity index (χ1v) is 6.16. The molecule has 3 nitrogen and oxygen atoms in total. The second kappa shape index (κ2) is 5.34. The molecule has 0 aliphatic rings. The minimum absolute atomic E-state index is 0.0871. The van der Waals surface area contributed by atoms with Crippen LogP contribution in [0.25, 0.3) is 10.6 Å². The summed E-state index contributed by atoms with van der Waals surface area (Å²) in [6, 6.07) is 2.02. The smallest absolute Gasteiger partial charge is 0.206 e. The summed E-state index contributed by atoms with van der Waals surface area (Å²) in [6.45, 7) is 2.71. The van der Waals surface area contributed by atoms with E-state index in [4.69, 9.17) is 0 Å². The van der Waals surface area contributed by atoms with Gasteiger partial charge in [0.1, 0.15) is 0 Å².